The molecule has 0 radical (unpaired) electrons. The zero-order chi connectivity index (χ0) is 13.7. The molecule has 2 aromatic rings. The highest BCUT2D eigenvalue weighted by molar-refractivity contribution is 7.88. The molecule has 19 heavy (non-hydrogen) atoms. The summed E-state index contributed by atoms with van der Waals surface area (Å²) in [4.78, 5) is 0. The number of hydrogen-bond donors (Lipinski definition) is 1. The molecule has 1 N–H and O–H groups in total. The molecule has 0 fully saturated rings. The monoisotopic (exact) mass is 295 g/mol. The summed E-state index contributed by atoms with van der Waals surface area (Å²) in [5, 5.41) is 0.597. The Labute approximate surface area is 118 Å². The average Bonchev–Trinajstić information content (AvgIpc) is 2.37. The highest BCUT2D eigenvalue weighted by Gasteiger charge is 2.10. The van der Waals surface area contributed by atoms with Gasteiger partial charge in [-0.3, -0.25) is 0 Å². The van der Waals surface area contributed by atoms with Gasteiger partial charge in [0.1, 0.15) is 0 Å². The SMILES string of the molecule is O=S(=O)(Cc1ccccc1)NCc1cccc(Cl)c1. The van der Waals surface area contributed by atoms with Crippen molar-refractivity contribution in [3.05, 3.63) is 70.7 Å². The number of rotatable bonds is 5. The van der Waals surface area contributed by atoms with Gasteiger partial charge in [0.05, 0.1) is 5.75 Å². The summed E-state index contributed by atoms with van der Waals surface area (Å²) in [7, 11) is -3.34. The lowest BCUT2D eigenvalue weighted by Gasteiger charge is -2.07. The summed E-state index contributed by atoms with van der Waals surface area (Å²) in [5.41, 5.74) is 1.60. The first kappa shape index (κ1) is 14.1. The molecular weight excluding hydrogens is 282 g/mol. The van der Waals surface area contributed by atoms with Crippen molar-refractivity contribution in [3.63, 3.8) is 0 Å². The van der Waals surface area contributed by atoms with Gasteiger partial charge in [0.2, 0.25) is 10.0 Å². The smallest absolute Gasteiger partial charge is 0.212 e. The molecule has 0 unspecified atom stereocenters. The van der Waals surface area contributed by atoms with Crippen molar-refractivity contribution in [2.45, 2.75) is 12.3 Å². The fourth-order valence-corrected chi connectivity index (χ4v) is 3.02. The van der Waals surface area contributed by atoms with Crippen LogP contribution in [0.3, 0.4) is 0 Å². The Morgan fingerprint density at radius 2 is 1.63 bits per heavy atom. The molecule has 0 spiro atoms. The minimum Gasteiger partial charge on any atom is -0.212 e. The minimum atomic E-state index is -3.34. The molecule has 2 rings (SSSR count). The van der Waals surface area contributed by atoms with Crippen LogP contribution in [0.4, 0.5) is 0 Å². The molecule has 3 nitrogen and oxygen atoms in total. The summed E-state index contributed by atoms with van der Waals surface area (Å²) in [6, 6.07) is 16.2. The van der Waals surface area contributed by atoms with Gasteiger partial charge in [-0.2, -0.15) is 0 Å². The fourth-order valence-electron chi connectivity index (χ4n) is 1.68. The summed E-state index contributed by atoms with van der Waals surface area (Å²) in [6.45, 7) is 0.246. The van der Waals surface area contributed by atoms with Crippen molar-refractivity contribution < 1.29 is 8.42 Å². The van der Waals surface area contributed by atoms with Gasteiger partial charge in [-0.25, -0.2) is 13.1 Å². The molecular formula is C14H14ClNO2S. The first-order valence-corrected chi connectivity index (χ1v) is 7.84. The summed E-state index contributed by atoms with van der Waals surface area (Å²) in [6.07, 6.45) is 0. The third kappa shape index (κ3) is 4.67. The fraction of sp³-hybridized carbons (Fsp3) is 0.143. The Bertz CT molecular complexity index is 642. The van der Waals surface area contributed by atoms with Crippen molar-refractivity contribution in [2.24, 2.45) is 0 Å². The lowest BCUT2D eigenvalue weighted by atomic mass is 10.2. The molecule has 0 saturated carbocycles. The molecule has 0 aliphatic heterocycles. The molecule has 2 aromatic carbocycles. The Kier molecular flexibility index (Phi) is 4.58. The largest absolute Gasteiger partial charge is 0.216 e. The van der Waals surface area contributed by atoms with Crippen molar-refractivity contribution in [3.8, 4) is 0 Å². The number of halogens is 1. The van der Waals surface area contributed by atoms with E-state index in [4.69, 9.17) is 11.6 Å². The number of benzene rings is 2. The van der Waals surface area contributed by atoms with Gasteiger partial charge < -0.3 is 0 Å². The van der Waals surface area contributed by atoms with Crippen LogP contribution < -0.4 is 4.72 Å². The first-order chi connectivity index (χ1) is 9.05. The lowest BCUT2D eigenvalue weighted by molar-refractivity contribution is 0.580. The van der Waals surface area contributed by atoms with Crippen molar-refractivity contribution in [1.29, 1.82) is 0 Å². The second-order valence-corrected chi connectivity index (χ2v) is 6.44. The molecule has 0 aliphatic carbocycles. The van der Waals surface area contributed by atoms with E-state index in [9.17, 15) is 8.42 Å². The van der Waals surface area contributed by atoms with Gasteiger partial charge in [-0.05, 0) is 23.3 Å². The van der Waals surface area contributed by atoms with Gasteiger partial charge in [0.25, 0.3) is 0 Å². The predicted molar refractivity (Wildman–Crippen MR) is 77.4 cm³/mol. The quantitative estimate of drug-likeness (QED) is 0.922. The lowest BCUT2D eigenvalue weighted by Crippen LogP contribution is -2.24. The van der Waals surface area contributed by atoms with E-state index < -0.39 is 10.0 Å². The summed E-state index contributed by atoms with van der Waals surface area (Å²) < 4.78 is 26.4. The van der Waals surface area contributed by atoms with Crippen molar-refractivity contribution in [2.75, 3.05) is 0 Å². The standard InChI is InChI=1S/C14H14ClNO2S/c15-14-8-4-7-13(9-14)10-16-19(17,18)11-12-5-2-1-3-6-12/h1-9,16H,10-11H2. The van der Waals surface area contributed by atoms with Crippen LogP contribution in [0.1, 0.15) is 11.1 Å². The highest BCUT2D eigenvalue weighted by Crippen LogP contribution is 2.11. The molecule has 5 heteroatoms. The van der Waals surface area contributed by atoms with Gasteiger partial charge in [-0.1, -0.05) is 54.1 Å². The van der Waals surface area contributed by atoms with Crippen molar-refractivity contribution >= 4 is 21.6 Å². The molecule has 0 saturated heterocycles. The van der Waals surface area contributed by atoms with Crippen LogP contribution >= 0.6 is 11.6 Å². The number of sulfonamides is 1. The number of nitrogens with one attached hydrogen (secondary N) is 1. The Balaban J connectivity index is 1.98. The minimum absolute atomic E-state index is 0.0194. The Hall–Kier alpha value is -1.36. The molecule has 0 aliphatic rings. The van der Waals surface area contributed by atoms with Gasteiger partial charge >= 0.3 is 0 Å². The second-order valence-electron chi connectivity index (χ2n) is 4.20. The van der Waals surface area contributed by atoms with E-state index in [0.717, 1.165) is 11.1 Å². The van der Waals surface area contributed by atoms with Crippen LogP contribution in [0.15, 0.2) is 54.6 Å². The molecule has 100 valence electrons. The van der Waals surface area contributed by atoms with Crippen molar-refractivity contribution in [1.82, 2.24) is 4.72 Å². The van der Waals surface area contributed by atoms with Crippen LogP contribution in [0.5, 0.6) is 0 Å². The van der Waals surface area contributed by atoms with E-state index in [-0.39, 0.29) is 12.3 Å². The van der Waals surface area contributed by atoms with Crippen LogP contribution in [0.2, 0.25) is 5.02 Å². The average molecular weight is 296 g/mol. The highest BCUT2D eigenvalue weighted by atomic mass is 35.5. The van der Waals surface area contributed by atoms with Crippen LogP contribution in [0, 0.1) is 0 Å². The molecule has 0 amide bonds. The van der Waals surface area contributed by atoms with Gasteiger partial charge in [-0.15, -0.1) is 0 Å². The zero-order valence-corrected chi connectivity index (χ0v) is 11.8. The van der Waals surface area contributed by atoms with E-state index in [0.29, 0.717) is 5.02 Å². The maximum Gasteiger partial charge on any atom is 0.216 e. The van der Waals surface area contributed by atoms with E-state index >= 15 is 0 Å². The summed E-state index contributed by atoms with van der Waals surface area (Å²) >= 11 is 5.85. The molecule has 0 bridgehead atoms. The van der Waals surface area contributed by atoms with Crippen LogP contribution in [-0.4, -0.2) is 8.42 Å². The van der Waals surface area contributed by atoms with Crippen LogP contribution in [-0.2, 0) is 22.3 Å². The Morgan fingerprint density at radius 1 is 0.947 bits per heavy atom. The van der Waals surface area contributed by atoms with Gasteiger partial charge in [0.15, 0.2) is 0 Å². The summed E-state index contributed by atoms with van der Waals surface area (Å²) in [5.74, 6) is -0.0194. The van der Waals surface area contributed by atoms with Gasteiger partial charge in [0, 0.05) is 11.6 Å². The zero-order valence-electron chi connectivity index (χ0n) is 10.2. The van der Waals surface area contributed by atoms with E-state index in [1.165, 1.54) is 0 Å². The second kappa shape index (κ2) is 6.19. The van der Waals surface area contributed by atoms with E-state index in [1.807, 2.05) is 24.3 Å². The predicted octanol–water partition coefficient (Wildman–Crippen LogP) is 2.96. The third-order valence-corrected chi connectivity index (χ3v) is 4.12. The molecule has 0 heterocycles. The first-order valence-electron chi connectivity index (χ1n) is 5.81. The molecule has 0 aromatic heterocycles. The van der Waals surface area contributed by atoms with E-state index in [2.05, 4.69) is 4.72 Å². The molecule has 0 atom stereocenters. The normalized spacial score (nSPS) is 11.4. The maximum atomic E-state index is 11.9. The van der Waals surface area contributed by atoms with Crippen LogP contribution in [0.25, 0.3) is 0 Å². The maximum absolute atomic E-state index is 11.9. The van der Waals surface area contributed by atoms with E-state index in [1.54, 1.807) is 30.3 Å². The third-order valence-electron chi connectivity index (χ3n) is 2.58. The topological polar surface area (TPSA) is 46.2 Å². The number of hydrogen-bond acceptors (Lipinski definition) is 2. The Morgan fingerprint density at radius 3 is 2.32 bits per heavy atom.